The molecule has 0 spiro atoms. The minimum atomic E-state index is -0.801. The molecule has 0 amide bonds. The van der Waals surface area contributed by atoms with Crippen LogP contribution in [0.5, 0.6) is 0 Å². The minimum Gasteiger partial charge on any atom is -0.302 e. The van der Waals surface area contributed by atoms with Crippen LogP contribution in [0.4, 0.5) is 4.39 Å². The highest BCUT2D eigenvalue weighted by atomic mass is 19.1. The molecular formula is C6H10FNO. The van der Waals surface area contributed by atoms with Crippen molar-refractivity contribution >= 4 is 6.29 Å². The zero-order valence-corrected chi connectivity index (χ0v) is 5.38. The van der Waals surface area contributed by atoms with Gasteiger partial charge in [-0.25, -0.2) is 4.39 Å². The van der Waals surface area contributed by atoms with E-state index in [4.69, 9.17) is 0 Å². The Bertz CT molecular complexity index is 118. The number of likely N-dealkylation sites (tertiary alicyclic amines) is 1. The van der Waals surface area contributed by atoms with Crippen LogP contribution in [-0.4, -0.2) is 37.0 Å². The molecule has 1 heterocycles. The fourth-order valence-corrected chi connectivity index (χ4v) is 1.12. The number of alkyl halides is 1. The Morgan fingerprint density at radius 2 is 2.44 bits per heavy atom. The molecular weight excluding hydrogens is 121 g/mol. The highest BCUT2D eigenvalue weighted by Crippen LogP contribution is 2.15. The summed E-state index contributed by atoms with van der Waals surface area (Å²) in [5.74, 6) is 0. The van der Waals surface area contributed by atoms with E-state index in [2.05, 4.69) is 0 Å². The highest BCUT2D eigenvalue weighted by Gasteiger charge is 2.28. The van der Waals surface area contributed by atoms with E-state index in [9.17, 15) is 9.18 Å². The summed E-state index contributed by atoms with van der Waals surface area (Å²) in [6.07, 6.45) is 0.379. The second-order valence-corrected chi connectivity index (χ2v) is 2.48. The zero-order chi connectivity index (χ0) is 6.85. The Kier molecular flexibility index (Phi) is 1.81. The molecule has 1 saturated heterocycles. The summed E-state index contributed by atoms with van der Waals surface area (Å²) in [7, 11) is 1.76. The van der Waals surface area contributed by atoms with Crippen molar-refractivity contribution in [3.05, 3.63) is 0 Å². The van der Waals surface area contributed by atoms with Crippen molar-refractivity contribution in [3.63, 3.8) is 0 Å². The lowest BCUT2D eigenvalue weighted by Crippen LogP contribution is -2.25. The summed E-state index contributed by atoms with van der Waals surface area (Å²) in [6, 6.07) is -0.181. The van der Waals surface area contributed by atoms with Crippen molar-refractivity contribution in [1.29, 1.82) is 0 Å². The summed E-state index contributed by atoms with van der Waals surface area (Å²) in [5.41, 5.74) is 0. The van der Waals surface area contributed by atoms with E-state index in [1.165, 1.54) is 0 Å². The van der Waals surface area contributed by atoms with Crippen LogP contribution < -0.4 is 0 Å². The van der Waals surface area contributed by atoms with Crippen LogP contribution in [0, 0.1) is 0 Å². The average molecular weight is 131 g/mol. The molecule has 0 saturated carbocycles. The van der Waals surface area contributed by atoms with Crippen LogP contribution in [0.3, 0.4) is 0 Å². The second kappa shape index (κ2) is 2.43. The lowest BCUT2D eigenvalue weighted by Gasteiger charge is -2.10. The predicted octanol–water partition coefficient (Wildman–Crippen LogP) is 0.227. The van der Waals surface area contributed by atoms with E-state index in [-0.39, 0.29) is 6.04 Å². The topological polar surface area (TPSA) is 20.3 Å². The molecule has 9 heavy (non-hydrogen) atoms. The minimum absolute atomic E-state index is 0.181. The van der Waals surface area contributed by atoms with Crippen molar-refractivity contribution in [2.75, 3.05) is 13.6 Å². The molecule has 3 heteroatoms. The number of carbonyl (C=O) groups is 1. The van der Waals surface area contributed by atoms with Gasteiger partial charge in [0.1, 0.15) is 12.5 Å². The molecule has 1 aliphatic heterocycles. The first-order chi connectivity index (χ1) is 4.24. The van der Waals surface area contributed by atoms with Gasteiger partial charge in [0.25, 0.3) is 0 Å². The Balaban J connectivity index is 2.47. The lowest BCUT2D eigenvalue weighted by atomic mass is 10.2. The maximum atomic E-state index is 12.4. The van der Waals surface area contributed by atoms with Crippen LogP contribution in [0.15, 0.2) is 0 Å². The van der Waals surface area contributed by atoms with Crippen LogP contribution in [0.25, 0.3) is 0 Å². The number of nitrogens with zero attached hydrogens (tertiary/aromatic N) is 1. The Morgan fingerprint density at radius 3 is 2.67 bits per heavy atom. The monoisotopic (exact) mass is 131 g/mol. The zero-order valence-electron chi connectivity index (χ0n) is 5.38. The molecule has 0 bridgehead atoms. The number of hydrogen-bond acceptors (Lipinski definition) is 2. The number of rotatable bonds is 1. The first-order valence-electron chi connectivity index (χ1n) is 3.03. The fraction of sp³-hybridized carbons (Fsp3) is 0.833. The number of halogens is 1. The normalized spacial score (nSPS) is 37.1. The lowest BCUT2D eigenvalue weighted by molar-refractivity contribution is -0.111. The average Bonchev–Trinajstić information content (AvgIpc) is 2.10. The predicted molar refractivity (Wildman–Crippen MR) is 32.0 cm³/mol. The largest absolute Gasteiger partial charge is 0.302 e. The maximum absolute atomic E-state index is 12.4. The molecule has 1 aliphatic rings. The third kappa shape index (κ3) is 1.27. The summed E-state index contributed by atoms with van der Waals surface area (Å²) in [4.78, 5) is 11.9. The molecule has 0 N–H and O–H groups in total. The van der Waals surface area contributed by atoms with Crippen molar-refractivity contribution in [1.82, 2.24) is 4.90 Å². The van der Waals surface area contributed by atoms with Gasteiger partial charge in [-0.15, -0.1) is 0 Å². The highest BCUT2D eigenvalue weighted by molar-refractivity contribution is 5.58. The molecule has 0 aromatic heterocycles. The number of aldehydes is 1. The summed E-state index contributed by atoms with van der Waals surface area (Å²) >= 11 is 0. The van der Waals surface area contributed by atoms with Crippen molar-refractivity contribution in [2.45, 2.75) is 18.6 Å². The SMILES string of the molecule is CN1C[C@H](F)C[C@H]1C=O. The Labute approximate surface area is 53.6 Å². The number of hydrogen-bond donors (Lipinski definition) is 0. The van der Waals surface area contributed by atoms with Gasteiger partial charge in [-0.1, -0.05) is 0 Å². The maximum Gasteiger partial charge on any atom is 0.137 e. The molecule has 0 unspecified atom stereocenters. The number of carbonyl (C=O) groups excluding carboxylic acids is 1. The van der Waals surface area contributed by atoms with E-state index in [1.54, 1.807) is 11.9 Å². The van der Waals surface area contributed by atoms with Crippen LogP contribution in [0.1, 0.15) is 6.42 Å². The van der Waals surface area contributed by atoms with E-state index < -0.39 is 6.17 Å². The molecule has 0 aromatic rings. The van der Waals surface area contributed by atoms with E-state index in [0.29, 0.717) is 13.0 Å². The first kappa shape index (κ1) is 6.68. The molecule has 1 rings (SSSR count). The van der Waals surface area contributed by atoms with Gasteiger partial charge >= 0.3 is 0 Å². The molecule has 0 aliphatic carbocycles. The van der Waals surface area contributed by atoms with Crippen LogP contribution in [0.2, 0.25) is 0 Å². The molecule has 1 fully saturated rings. The molecule has 2 atom stereocenters. The van der Waals surface area contributed by atoms with E-state index in [0.717, 1.165) is 6.29 Å². The van der Waals surface area contributed by atoms with Gasteiger partial charge in [0.05, 0.1) is 6.04 Å². The smallest absolute Gasteiger partial charge is 0.137 e. The third-order valence-corrected chi connectivity index (χ3v) is 1.71. The third-order valence-electron chi connectivity index (χ3n) is 1.71. The van der Waals surface area contributed by atoms with E-state index >= 15 is 0 Å². The quantitative estimate of drug-likeness (QED) is 0.475. The first-order valence-corrected chi connectivity index (χ1v) is 3.03. The van der Waals surface area contributed by atoms with E-state index in [1.807, 2.05) is 0 Å². The van der Waals surface area contributed by atoms with Gasteiger partial charge in [-0.3, -0.25) is 4.90 Å². The van der Waals surface area contributed by atoms with Gasteiger partial charge in [0, 0.05) is 13.0 Å². The molecule has 0 radical (unpaired) electrons. The standard InChI is InChI=1S/C6H10FNO/c1-8-3-5(7)2-6(8)4-9/h4-6H,2-3H2,1H3/t5-,6+/m1/s1. The molecule has 0 aromatic carbocycles. The van der Waals surface area contributed by atoms with Crippen LogP contribution in [-0.2, 0) is 4.79 Å². The Morgan fingerprint density at radius 1 is 1.78 bits per heavy atom. The van der Waals surface area contributed by atoms with Crippen LogP contribution >= 0.6 is 0 Å². The fourth-order valence-electron chi connectivity index (χ4n) is 1.12. The Hall–Kier alpha value is -0.440. The van der Waals surface area contributed by atoms with Gasteiger partial charge in [0.2, 0.25) is 0 Å². The van der Waals surface area contributed by atoms with Gasteiger partial charge in [-0.05, 0) is 7.05 Å². The van der Waals surface area contributed by atoms with Crippen molar-refractivity contribution < 1.29 is 9.18 Å². The van der Waals surface area contributed by atoms with Gasteiger partial charge < -0.3 is 4.79 Å². The summed E-state index contributed by atoms with van der Waals surface area (Å²) in [6.45, 7) is 0.406. The van der Waals surface area contributed by atoms with Gasteiger partial charge in [0.15, 0.2) is 0 Å². The summed E-state index contributed by atoms with van der Waals surface area (Å²) < 4.78 is 12.4. The molecule has 2 nitrogen and oxygen atoms in total. The van der Waals surface area contributed by atoms with Crippen molar-refractivity contribution in [2.24, 2.45) is 0 Å². The van der Waals surface area contributed by atoms with Gasteiger partial charge in [-0.2, -0.15) is 0 Å². The summed E-state index contributed by atoms with van der Waals surface area (Å²) in [5, 5.41) is 0. The van der Waals surface area contributed by atoms with Crippen molar-refractivity contribution in [3.8, 4) is 0 Å². The number of likely N-dealkylation sites (N-methyl/N-ethyl adjacent to an activating group) is 1. The molecule has 52 valence electrons. The second-order valence-electron chi connectivity index (χ2n) is 2.48.